The van der Waals surface area contributed by atoms with E-state index in [2.05, 4.69) is 20.7 Å². The lowest BCUT2D eigenvalue weighted by molar-refractivity contribution is -0.151. The van der Waals surface area contributed by atoms with Crippen LogP contribution >= 0.6 is 23.2 Å². The fourth-order valence-corrected chi connectivity index (χ4v) is 4.75. The number of anilines is 1. The molecule has 7 nitrogen and oxygen atoms in total. The first kappa shape index (κ1) is 19.3. The summed E-state index contributed by atoms with van der Waals surface area (Å²) < 4.78 is 0. The number of hydrogen-bond acceptors (Lipinski definition) is 5. The van der Waals surface area contributed by atoms with E-state index in [1.165, 1.54) is 0 Å². The SMILES string of the molecule is CCC1=NNC2C(=O)N(CC(=O)Nc3ccc(Cl)c(Cl)c3)C3CCCCC3N12. The number of nitrogens with one attached hydrogen (secondary N) is 2. The molecule has 2 amide bonds. The predicted octanol–water partition coefficient (Wildman–Crippen LogP) is 3.04. The Morgan fingerprint density at radius 2 is 2.00 bits per heavy atom. The number of hydrazone groups is 1. The molecule has 0 aromatic heterocycles. The molecule has 1 aromatic carbocycles. The second-order valence-corrected chi connectivity index (χ2v) is 8.20. The molecular formula is C19H23Cl2N5O2. The fraction of sp³-hybridized carbons (Fsp3) is 0.526. The maximum Gasteiger partial charge on any atom is 0.268 e. The number of halogens is 2. The first-order valence-electron chi connectivity index (χ1n) is 9.65. The smallest absolute Gasteiger partial charge is 0.268 e. The van der Waals surface area contributed by atoms with Gasteiger partial charge in [0.25, 0.3) is 5.91 Å². The van der Waals surface area contributed by atoms with E-state index in [1.54, 1.807) is 23.1 Å². The highest BCUT2D eigenvalue weighted by atomic mass is 35.5. The Bertz CT molecular complexity index is 831. The zero-order valence-electron chi connectivity index (χ0n) is 15.6. The lowest BCUT2D eigenvalue weighted by Crippen LogP contribution is -2.69. The van der Waals surface area contributed by atoms with Gasteiger partial charge in [0.05, 0.1) is 22.1 Å². The highest BCUT2D eigenvalue weighted by Crippen LogP contribution is 2.35. The third-order valence-corrected chi connectivity index (χ3v) is 6.43. The van der Waals surface area contributed by atoms with Gasteiger partial charge in [-0.2, -0.15) is 5.10 Å². The Morgan fingerprint density at radius 3 is 2.71 bits per heavy atom. The van der Waals surface area contributed by atoms with Gasteiger partial charge >= 0.3 is 0 Å². The summed E-state index contributed by atoms with van der Waals surface area (Å²) in [5, 5.41) is 7.97. The summed E-state index contributed by atoms with van der Waals surface area (Å²) in [6, 6.07) is 5.14. The Hall–Kier alpha value is -1.99. The van der Waals surface area contributed by atoms with E-state index >= 15 is 0 Å². The second-order valence-electron chi connectivity index (χ2n) is 7.38. The average molecular weight is 424 g/mol. The molecule has 1 aliphatic carbocycles. The van der Waals surface area contributed by atoms with Crippen LogP contribution in [0.15, 0.2) is 23.3 Å². The maximum absolute atomic E-state index is 13.1. The Kier molecular flexibility index (Phi) is 5.38. The molecule has 1 saturated carbocycles. The topological polar surface area (TPSA) is 77.0 Å². The third-order valence-electron chi connectivity index (χ3n) is 5.69. The van der Waals surface area contributed by atoms with Crippen molar-refractivity contribution in [2.45, 2.75) is 57.3 Å². The Balaban J connectivity index is 1.51. The van der Waals surface area contributed by atoms with Crippen LogP contribution in [0.2, 0.25) is 10.0 Å². The molecule has 4 rings (SSSR count). The van der Waals surface area contributed by atoms with Crippen LogP contribution in [-0.4, -0.2) is 52.2 Å². The molecule has 1 aromatic rings. The summed E-state index contributed by atoms with van der Waals surface area (Å²) in [5.41, 5.74) is 3.52. The number of carbonyl (C=O) groups excluding carboxylic acids is 2. The van der Waals surface area contributed by atoms with E-state index in [9.17, 15) is 9.59 Å². The van der Waals surface area contributed by atoms with E-state index < -0.39 is 6.17 Å². The van der Waals surface area contributed by atoms with Crippen LogP contribution in [0.25, 0.3) is 0 Å². The van der Waals surface area contributed by atoms with Crippen molar-refractivity contribution < 1.29 is 9.59 Å². The molecule has 3 atom stereocenters. The lowest BCUT2D eigenvalue weighted by atomic mass is 9.85. The fourth-order valence-electron chi connectivity index (χ4n) is 4.45. The number of benzene rings is 1. The molecule has 1 saturated heterocycles. The third kappa shape index (κ3) is 3.42. The molecule has 2 fully saturated rings. The van der Waals surface area contributed by atoms with Crippen LogP contribution in [0, 0.1) is 0 Å². The number of rotatable bonds is 4. The molecule has 2 aliphatic heterocycles. The first-order valence-corrected chi connectivity index (χ1v) is 10.4. The molecule has 3 aliphatic rings. The zero-order chi connectivity index (χ0) is 19.8. The highest BCUT2D eigenvalue weighted by molar-refractivity contribution is 6.42. The first-order chi connectivity index (χ1) is 13.5. The molecular weight excluding hydrogens is 401 g/mol. The van der Waals surface area contributed by atoms with Crippen molar-refractivity contribution in [2.75, 3.05) is 11.9 Å². The largest absolute Gasteiger partial charge is 0.325 e. The number of amides is 2. The van der Waals surface area contributed by atoms with Gasteiger partial charge < -0.3 is 15.1 Å². The summed E-state index contributed by atoms with van der Waals surface area (Å²) in [4.78, 5) is 29.7. The summed E-state index contributed by atoms with van der Waals surface area (Å²) in [5.74, 6) is 0.578. The van der Waals surface area contributed by atoms with Gasteiger partial charge in [0.1, 0.15) is 12.4 Å². The number of hydrogen-bond donors (Lipinski definition) is 2. The maximum atomic E-state index is 13.1. The molecule has 150 valence electrons. The highest BCUT2D eigenvalue weighted by Gasteiger charge is 2.50. The second kappa shape index (κ2) is 7.79. The van der Waals surface area contributed by atoms with Crippen LogP contribution in [0.3, 0.4) is 0 Å². The minimum Gasteiger partial charge on any atom is -0.325 e. The van der Waals surface area contributed by atoms with E-state index in [1.807, 2.05) is 6.92 Å². The van der Waals surface area contributed by atoms with Gasteiger partial charge in [0, 0.05) is 12.1 Å². The van der Waals surface area contributed by atoms with E-state index in [0.29, 0.717) is 15.7 Å². The average Bonchev–Trinajstić information content (AvgIpc) is 3.12. The lowest BCUT2D eigenvalue weighted by Gasteiger charge is -2.51. The number of carbonyl (C=O) groups is 2. The molecule has 0 bridgehead atoms. The number of nitrogens with zero attached hydrogens (tertiary/aromatic N) is 3. The van der Waals surface area contributed by atoms with Gasteiger partial charge in [-0.15, -0.1) is 0 Å². The van der Waals surface area contributed by atoms with Gasteiger partial charge in [-0.1, -0.05) is 43.0 Å². The van der Waals surface area contributed by atoms with Crippen molar-refractivity contribution in [1.82, 2.24) is 15.2 Å². The van der Waals surface area contributed by atoms with Crippen LogP contribution in [0.4, 0.5) is 5.69 Å². The van der Waals surface area contributed by atoms with Crippen molar-refractivity contribution in [2.24, 2.45) is 5.10 Å². The van der Waals surface area contributed by atoms with Gasteiger partial charge in [-0.3, -0.25) is 15.0 Å². The van der Waals surface area contributed by atoms with Crippen molar-refractivity contribution in [1.29, 1.82) is 0 Å². The number of piperazine rings is 1. The van der Waals surface area contributed by atoms with Gasteiger partial charge in [-0.25, -0.2) is 0 Å². The van der Waals surface area contributed by atoms with Crippen molar-refractivity contribution >= 4 is 46.5 Å². The zero-order valence-corrected chi connectivity index (χ0v) is 17.1. The van der Waals surface area contributed by atoms with E-state index in [4.69, 9.17) is 23.2 Å². The van der Waals surface area contributed by atoms with Crippen LogP contribution in [0.1, 0.15) is 39.0 Å². The molecule has 0 radical (unpaired) electrons. The molecule has 3 unspecified atom stereocenters. The number of amidine groups is 1. The van der Waals surface area contributed by atoms with Crippen LogP contribution < -0.4 is 10.7 Å². The summed E-state index contributed by atoms with van der Waals surface area (Å²) >= 11 is 11.9. The molecule has 28 heavy (non-hydrogen) atoms. The molecule has 2 N–H and O–H groups in total. The van der Waals surface area contributed by atoms with Gasteiger partial charge in [0.2, 0.25) is 5.91 Å². The minimum atomic E-state index is -0.507. The minimum absolute atomic E-state index is 0.00766. The molecule has 0 spiro atoms. The van der Waals surface area contributed by atoms with Crippen LogP contribution in [-0.2, 0) is 9.59 Å². The summed E-state index contributed by atoms with van der Waals surface area (Å²) in [6.45, 7) is 2.05. The summed E-state index contributed by atoms with van der Waals surface area (Å²) in [7, 11) is 0. The van der Waals surface area contributed by atoms with Crippen molar-refractivity contribution in [3.05, 3.63) is 28.2 Å². The van der Waals surface area contributed by atoms with E-state index in [-0.39, 0.29) is 30.4 Å². The Labute approximate surface area is 174 Å². The molecule has 9 heteroatoms. The standard InChI is InChI=1S/C19H23Cl2N5O2/c1-2-16-23-24-18-19(28)25(14-5-3-4-6-15(14)26(16)18)10-17(27)22-11-7-8-12(20)13(21)9-11/h7-9,14-15,18,24H,2-6,10H2,1H3,(H,22,27). The van der Waals surface area contributed by atoms with Crippen molar-refractivity contribution in [3.8, 4) is 0 Å². The summed E-state index contributed by atoms with van der Waals surface area (Å²) in [6.07, 6.45) is 4.35. The van der Waals surface area contributed by atoms with Gasteiger partial charge in [0.15, 0.2) is 6.17 Å². The molecule has 2 heterocycles. The van der Waals surface area contributed by atoms with Crippen molar-refractivity contribution in [3.63, 3.8) is 0 Å². The van der Waals surface area contributed by atoms with Crippen LogP contribution in [0.5, 0.6) is 0 Å². The number of fused-ring (bicyclic) bond motifs is 3. The normalized spacial score (nSPS) is 26.3. The Morgan fingerprint density at radius 1 is 1.25 bits per heavy atom. The van der Waals surface area contributed by atoms with Gasteiger partial charge in [-0.05, 0) is 31.0 Å². The van der Waals surface area contributed by atoms with E-state index in [0.717, 1.165) is 37.9 Å². The quantitative estimate of drug-likeness (QED) is 0.779. The monoisotopic (exact) mass is 423 g/mol. The predicted molar refractivity (Wildman–Crippen MR) is 109 cm³/mol.